The topological polar surface area (TPSA) is 21.3 Å². The summed E-state index contributed by atoms with van der Waals surface area (Å²) in [6.45, 7) is 5.22. The van der Waals surface area contributed by atoms with E-state index in [1.165, 1.54) is 11.1 Å². The molecule has 1 aliphatic rings. The van der Waals surface area contributed by atoms with E-state index in [0.717, 1.165) is 18.0 Å². The number of hydrogen-bond acceptors (Lipinski definition) is 2. The molecule has 1 unspecified atom stereocenters. The van der Waals surface area contributed by atoms with Crippen LogP contribution in [0.3, 0.4) is 0 Å². The molecule has 2 nitrogen and oxygen atoms in total. The molecule has 0 saturated heterocycles. The van der Waals surface area contributed by atoms with E-state index in [1.54, 1.807) is 7.11 Å². The van der Waals surface area contributed by atoms with E-state index in [0.29, 0.717) is 5.92 Å². The van der Waals surface area contributed by atoms with E-state index >= 15 is 0 Å². The molecule has 0 fully saturated rings. The molecule has 1 aromatic rings. The Labute approximate surface area is 109 Å². The smallest absolute Gasteiger partial charge is 0.119 e. The van der Waals surface area contributed by atoms with Gasteiger partial charge in [-0.3, -0.25) is 0 Å². The van der Waals surface area contributed by atoms with Gasteiger partial charge in [-0.2, -0.15) is 0 Å². The Morgan fingerprint density at radius 3 is 2.56 bits per heavy atom. The third-order valence-corrected chi connectivity index (χ3v) is 3.00. The van der Waals surface area contributed by atoms with Crippen LogP contribution in [-0.4, -0.2) is 13.7 Å². The van der Waals surface area contributed by atoms with E-state index in [4.69, 9.17) is 4.74 Å². The van der Waals surface area contributed by atoms with Gasteiger partial charge in [-0.25, -0.2) is 0 Å². The van der Waals surface area contributed by atoms with Crippen molar-refractivity contribution in [3.8, 4) is 5.75 Å². The summed E-state index contributed by atoms with van der Waals surface area (Å²) in [6, 6.07) is 8.01. The van der Waals surface area contributed by atoms with Crippen molar-refractivity contribution in [1.82, 2.24) is 0 Å². The zero-order valence-corrected chi connectivity index (χ0v) is 11.2. The lowest BCUT2D eigenvalue weighted by atomic mass is 9.92. The molecular formula is C16H20NO. The molecule has 18 heavy (non-hydrogen) atoms. The Balaban J connectivity index is 1.95. The van der Waals surface area contributed by atoms with Crippen LogP contribution in [0.1, 0.15) is 13.8 Å². The Hall–Kier alpha value is -1.70. The number of hydrogen-bond donors (Lipinski definition) is 1. The minimum atomic E-state index is 0.530. The van der Waals surface area contributed by atoms with Crippen molar-refractivity contribution in [2.75, 3.05) is 19.0 Å². The van der Waals surface area contributed by atoms with Crippen LogP contribution in [0, 0.1) is 12.3 Å². The molecular weight excluding hydrogens is 222 g/mol. The highest BCUT2D eigenvalue weighted by atomic mass is 16.5. The van der Waals surface area contributed by atoms with Gasteiger partial charge in [0.05, 0.1) is 7.11 Å². The van der Waals surface area contributed by atoms with Crippen LogP contribution in [0.4, 0.5) is 5.69 Å². The van der Waals surface area contributed by atoms with E-state index < -0.39 is 0 Å². The zero-order chi connectivity index (χ0) is 13.0. The molecule has 95 valence electrons. The fourth-order valence-electron chi connectivity index (χ4n) is 2.21. The zero-order valence-electron chi connectivity index (χ0n) is 11.2. The summed E-state index contributed by atoms with van der Waals surface area (Å²) in [5.74, 6) is 1.42. The van der Waals surface area contributed by atoms with Gasteiger partial charge in [-0.1, -0.05) is 24.6 Å². The molecule has 0 bridgehead atoms. The number of anilines is 1. The average molecular weight is 242 g/mol. The molecule has 0 saturated carbocycles. The summed E-state index contributed by atoms with van der Waals surface area (Å²) in [5, 5.41) is 3.42. The molecule has 1 atom stereocenters. The number of nitrogens with one attached hydrogen (secondary N) is 1. The maximum atomic E-state index is 5.14. The number of benzene rings is 1. The first-order valence-electron chi connectivity index (χ1n) is 6.29. The highest BCUT2D eigenvalue weighted by molar-refractivity contribution is 5.48. The second kappa shape index (κ2) is 5.76. The number of allylic oxidation sites excluding steroid dienone is 2. The molecule has 0 amide bonds. The van der Waals surface area contributed by atoms with Crippen molar-refractivity contribution in [1.29, 1.82) is 0 Å². The lowest BCUT2D eigenvalue weighted by Gasteiger charge is -2.17. The van der Waals surface area contributed by atoms with Crippen LogP contribution in [0.25, 0.3) is 0 Å². The molecule has 0 spiro atoms. The van der Waals surface area contributed by atoms with Gasteiger partial charge in [0.2, 0.25) is 0 Å². The van der Waals surface area contributed by atoms with Crippen molar-refractivity contribution >= 4 is 5.69 Å². The molecule has 1 N–H and O–H groups in total. The standard InChI is InChI=1S/C16H20NO/c1-12-8-13(2)10-14(9-12)11-17-15-4-6-16(18-3)7-5-15/h4-10,12,17H,11H2,1-3H3. The third-order valence-electron chi connectivity index (χ3n) is 3.00. The predicted molar refractivity (Wildman–Crippen MR) is 76.8 cm³/mol. The van der Waals surface area contributed by atoms with Gasteiger partial charge in [0.1, 0.15) is 5.75 Å². The summed E-state index contributed by atoms with van der Waals surface area (Å²) in [6.07, 6.45) is 6.80. The molecule has 0 aromatic heterocycles. The molecule has 2 heteroatoms. The lowest BCUT2D eigenvalue weighted by Crippen LogP contribution is -2.09. The van der Waals surface area contributed by atoms with Crippen molar-refractivity contribution in [2.45, 2.75) is 13.8 Å². The van der Waals surface area contributed by atoms with Crippen LogP contribution in [-0.2, 0) is 0 Å². The molecule has 0 heterocycles. The Bertz CT molecular complexity index is 456. The Morgan fingerprint density at radius 1 is 1.22 bits per heavy atom. The lowest BCUT2D eigenvalue weighted by molar-refractivity contribution is 0.415. The van der Waals surface area contributed by atoms with Gasteiger partial charge in [0.15, 0.2) is 0 Å². The van der Waals surface area contributed by atoms with Gasteiger partial charge in [0, 0.05) is 12.2 Å². The van der Waals surface area contributed by atoms with E-state index in [1.807, 2.05) is 24.3 Å². The second-order valence-electron chi connectivity index (χ2n) is 4.74. The molecule has 0 aliphatic heterocycles. The van der Waals surface area contributed by atoms with Crippen LogP contribution in [0.15, 0.2) is 47.6 Å². The summed E-state index contributed by atoms with van der Waals surface area (Å²) in [7, 11) is 1.68. The number of ether oxygens (including phenoxy) is 1. The van der Waals surface area contributed by atoms with Crippen molar-refractivity contribution in [3.63, 3.8) is 0 Å². The van der Waals surface area contributed by atoms with Crippen LogP contribution in [0.2, 0.25) is 0 Å². The van der Waals surface area contributed by atoms with Crippen molar-refractivity contribution in [3.05, 3.63) is 54.0 Å². The highest BCUT2D eigenvalue weighted by Crippen LogP contribution is 2.21. The van der Waals surface area contributed by atoms with Crippen LogP contribution in [0.5, 0.6) is 5.75 Å². The summed E-state index contributed by atoms with van der Waals surface area (Å²) in [4.78, 5) is 0. The van der Waals surface area contributed by atoms with Gasteiger partial charge < -0.3 is 10.1 Å². The monoisotopic (exact) mass is 242 g/mol. The van der Waals surface area contributed by atoms with Crippen molar-refractivity contribution in [2.24, 2.45) is 5.92 Å². The SMILES string of the molecule is COc1ccc(NCC2=CC(C)[CH]C(C)=C2)cc1. The minimum Gasteiger partial charge on any atom is -0.497 e. The Kier molecular flexibility index (Phi) is 4.08. The molecule has 2 rings (SSSR count). The normalized spacial score (nSPS) is 18.9. The maximum Gasteiger partial charge on any atom is 0.119 e. The number of methoxy groups -OCH3 is 1. The first kappa shape index (κ1) is 12.7. The van der Waals surface area contributed by atoms with E-state index in [9.17, 15) is 0 Å². The third kappa shape index (κ3) is 3.39. The van der Waals surface area contributed by atoms with Gasteiger partial charge in [-0.15, -0.1) is 0 Å². The van der Waals surface area contributed by atoms with E-state index in [2.05, 4.69) is 37.7 Å². The molecule has 1 aromatic carbocycles. The average Bonchev–Trinajstić information content (AvgIpc) is 2.36. The first-order valence-corrected chi connectivity index (χ1v) is 6.29. The minimum absolute atomic E-state index is 0.530. The highest BCUT2D eigenvalue weighted by Gasteiger charge is 2.08. The van der Waals surface area contributed by atoms with Gasteiger partial charge in [0.25, 0.3) is 0 Å². The quantitative estimate of drug-likeness (QED) is 0.866. The van der Waals surface area contributed by atoms with Crippen molar-refractivity contribution < 1.29 is 4.74 Å². The fraction of sp³-hybridized carbons (Fsp3) is 0.312. The first-order chi connectivity index (χ1) is 8.67. The van der Waals surface area contributed by atoms with Gasteiger partial charge >= 0.3 is 0 Å². The largest absolute Gasteiger partial charge is 0.497 e. The van der Waals surface area contributed by atoms with Gasteiger partial charge in [-0.05, 0) is 49.1 Å². The van der Waals surface area contributed by atoms with Crippen LogP contribution < -0.4 is 10.1 Å². The fourth-order valence-corrected chi connectivity index (χ4v) is 2.21. The van der Waals surface area contributed by atoms with Crippen LogP contribution >= 0.6 is 0 Å². The summed E-state index contributed by atoms with van der Waals surface area (Å²) < 4.78 is 5.14. The Morgan fingerprint density at radius 2 is 1.94 bits per heavy atom. The number of rotatable bonds is 4. The summed E-state index contributed by atoms with van der Waals surface area (Å²) >= 11 is 0. The second-order valence-corrected chi connectivity index (χ2v) is 4.74. The molecule has 1 radical (unpaired) electrons. The maximum absolute atomic E-state index is 5.14. The molecule has 1 aliphatic carbocycles. The van der Waals surface area contributed by atoms with E-state index in [-0.39, 0.29) is 0 Å². The summed E-state index contributed by atoms with van der Waals surface area (Å²) in [5.41, 5.74) is 3.81. The predicted octanol–water partition coefficient (Wildman–Crippen LogP) is 3.83.